The number of rotatable bonds is 1. The molecule has 0 aliphatic carbocycles. The minimum Gasteiger partial charge on any atom is -0.244 e. The highest BCUT2D eigenvalue weighted by atomic mass is 80.0. The first kappa shape index (κ1) is 10.2. The third-order valence-electron chi connectivity index (χ3n) is 0.583. The van der Waals surface area contributed by atoms with Crippen molar-refractivity contribution in [3.63, 3.8) is 0 Å². The van der Waals surface area contributed by atoms with Gasteiger partial charge in [-0.3, -0.25) is 0 Å². The summed E-state index contributed by atoms with van der Waals surface area (Å²) in [5, 5.41) is 0. The molecule has 0 rings (SSSR count). The molecule has 0 aliphatic rings. The molecule has 56 valence electrons. The molecule has 0 saturated carbocycles. The molecule has 0 amide bonds. The summed E-state index contributed by atoms with van der Waals surface area (Å²) < 4.78 is 33.9. The van der Waals surface area contributed by atoms with E-state index in [9.17, 15) is 13.2 Å². The molecule has 0 atom stereocenters. The van der Waals surface area contributed by atoms with Gasteiger partial charge in [-0.1, -0.05) is 47.8 Å². The highest BCUT2D eigenvalue weighted by Crippen LogP contribution is 2.47. The first-order valence-corrected chi connectivity index (χ1v) is 4.19. The molecule has 0 spiro atoms. The van der Waals surface area contributed by atoms with Gasteiger partial charge in [-0.2, -0.15) is 0 Å². The van der Waals surface area contributed by atoms with Crippen LogP contribution >= 0.6 is 47.8 Å². The molecular weight excluding hydrogens is 333 g/mol. The maximum atomic E-state index is 12.1. The van der Waals surface area contributed by atoms with E-state index < -0.39 is 14.7 Å². The van der Waals surface area contributed by atoms with Crippen LogP contribution in [0.1, 0.15) is 0 Å². The fourth-order valence-electron chi connectivity index (χ4n) is 0.0758. The zero-order valence-corrected chi connectivity index (χ0v) is 8.73. The van der Waals surface area contributed by atoms with Gasteiger partial charge in [-0.05, 0) is 0 Å². The van der Waals surface area contributed by atoms with Crippen LogP contribution in [-0.2, 0) is 0 Å². The maximum Gasteiger partial charge on any atom is 0.310 e. The van der Waals surface area contributed by atoms with Crippen LogP contribution in [0, 0.1) is 0 Å². The van der Waals surface area contributed by atoms with E-state index >= 15 is 0 Å². The average Bonchev–Trinajstić information content (AvgIpc) is 1.64. The Morgan fingerprint density at radius 1 is 1.11 bits per heavy atom. The summed E-state index contributed by atoms with van der Waals surface area (Å²) in [6.45, 7) is -1.71. The van der Waals surface area contributed by atoms with Gasteiger partial charge in [0, 0.05) is 0 Å². The lowest BCUT2D eigenvalue weighted by Crippen LogP contribution is -2.34. The van der Waals surface area contributed by atoms with E-state index in [-0.39, 0.29) is 0 Å². The summed E-state index contributed by atoms with van der Waals surface area (Å²) in [4.78, 5) is 0. The van der Waals surface area contributed by atoms with E-state index in [0.29, 0.717) is 0 Å². The summed E-state index contributed by atoms with van der Waals surface area (Å²) >= 11 is 7.51. The van der Waals surface area contributed by atoms with Gasteiger partial charge in [0.2, 0.25) is 2.14 Å². The van der Waals surface area contributed by atoms with Gasteiger partial charge < -0.3 is 0 Å². The number of hydrogen-bond donors (Lipinski definition) is 0. The Kier molecular flexibility index (Phi) is 3.51. The highest BCUT2D eigenvalue weighted by Gasteiger charge is 2.48. The fourth-order valence-corrected chi connectivity index (χ4v) is 0.394. The van der Waals surface area contributed by atoms with Gasteiger partial charge in [-0.25, -0.2) is 13.2 Å². The van der Waals surface area contributed by atoms with Crippen LogP contribution in [0.2, 0.25) is 0 Å². The zero-order chi connectivity index (χ0) is 7.71. The van der Waals surface area contributed by atoms with Crippen LogP contribution in [0.5, 0.6) is 0 Å². The lowest BCUT2D eigenvalue weighted by atomic mass is 10.4. The molecule has 0 heterocycles. The van der Waals surface area contributed by atoms with E-state index in [1.165, 1.54) is 0 Å². The molecular formula is C3H2Br3F3. The normalized spacial score (nSPS) is 14.0. The van der Waals surface area contributed by atoms with Crippen LogP contribution < -0.4 is 0 Å². The zero-order valence-electron chi connectivity index (χ0n) is 3.97. The minimum absolute atomic E-state index is 1.71. The Bertz CT molecular complexity index is 97.0. The third-order valence-corrected chi connectivity index (χ3v) is 2.32. The van der Waals surface area contributed by atoms with Gasteiger partial charge in [0.05, 0.1) is 0 Å². The molecule has 0 fully saturated rings. The van der Waals surface area contributed by atoms with Crippen LogP contribution in [-0.4, -0.2) is 14.7 Å². The van der Waals surface area contributed by atoms with E-state index in [2.05, 4.69) is 47.8 Å². The van der Waals surface area contributed by atoms with E-state index in [1.54, 1.807) is 0 Å². The molecule has 0 bridgehead atoms. The highest BCUT2D eigenvalue weighted by molar-refractivity contribution is 9.39. The second-order valence-electron chi connectivity index (χ2n) is 1.34. The molecule has 0 N–H and O–H groups in total. The van der Waals surface area contributed by atoms with Gasteiger partial charge in [0.1, 0.15) is 0 Å². The topological polar surface area (TPSA) is 0 Å². The molecule has 6 heteroatoms. The number of hydrogen-bond acceptors (Lipinski definition) is 0. The SMILES string of the molecule is FCC(F)(F)C(Br)(Br)Br. The molecule has 0 unspecified atom stereocenters. The lowest BCUT2D eigenvalue weighted by Gasteiger charge is -2.21. The Hall–Kier alpha value is 1.23. The monoisotopic (exact) mass is 332 g/mol. The standard InChI is InChI=1S/C3H2Br3F3/c4-3(5,6)2(8,9)1-7/h1H2. The molecule has 0 aromatic heterocycles. The van der Waals surface area contributed by atoms with Crippen LogP contribution in [0.15, 0.2) is 0 Å². The van der Waals surface area contributed by atoms with Crippen molar-refractivity contribution < 1.29 is 13.2 Å². The van der Waals surface area contributed by atoms with Crippen molar-refractivity contribution in [3.8, 4) is 0 Å². The predicted octanol–water partition coefficient (Wildman–Crippen LogP) is 3.43. The largest absolute Gasteiger partial charge is 0.310 e. The smallest absolute Gasteiger partial charge is 0.244 e. The second-order valence-corrected chi connectivity index (χ2v) is 8.10. The Balaban J connectivity index is 4.14. The summed E-state index contributed by atoms with van der Waals surface area (Å²) in [6.07, 6.45) is 0. The summed E-state index contributed by atoms with van der Waals surface area (Å²) in [6, 6.07) is 0. The fraction of sp³-hybridized carbons (Fsp3) is 1.00. The summed E-state index contributed by atoms with van der Waals surface area (Å²) in [7, 11) is 0. The van der Waals surface area contributed by atoms with Crippen LogP contribution in [0.25, 0.3) is 0 Å². The van der Waals surface area contributed by atoms with Gasteiger partial charge in [0.25, 0.3) is 0 Å². The molecule has 9 heavy (non-hydrogen) atoms. The predicted molar refractivity (Wildman–Crippen MR) is 40.4 cm³/mol. The molecule has 0 aromatic rings. The van der Waals surface area contributed by atoms with Crippen molar-refractivity contribution in [1.29, 1.82) is 0 Å². The first-order valence-electron chi connectivity index (χ1n) is 1.82. The molecule has 0 aliphatic heterocycles. The van der Waals surface area contributed by atoms with Crippen molar-refractivity contribution >= 4 is 47.8 Å². The van der Waals surface area contributed by atoms with Gasteiger partial charge in [0.15, 0.2) is 6.67 Å². The van der Waals surface area contributed by atoms with Crippen molar-refractivity contribution in [2.24, 2.45) is 0 Å². The Morgan fingerprint density at radius 2 is 1.44 bits per heavy atom. The quantitative estimate of drug-likeness (QED) is 0.645. The van der Waals surface area contributed by atoms with Crippen molar-refractivity contribution in [2.45, 2.75) is 8.07 Å². The van der Waals surface area contributed by atoms with Gasteiger partial charge >= 0.3 is 5.92 Å². The van der Waals surface area contributed by atoms with Crippen LogP contribution in [0.3, 0.4) is 0 Å². The van der Waals surface area contributed by atoms with E-state index in [4.69, 9.17) is 0 Å². The summed E-state index contributed by atoms with van der Waals surface area (Å²) in [5.41, 5.74) is 0. The molecule has 0 radical (unpaired) electrons. The first-order chi connectivity index (χ1) is 3.81. The van der Waals surface area contributed by atoms with E-state index in [1.807, 2.05) is 0 Å². The van der Waals surface area contributed by atoms with Crippen molar-refractivity contribution in [1.82, 2.24) is 0 Å². The molecule has 0 aromatic carbocycles. The van der Waals surface area contributed by atoms with Crippen molar-refractivity contribution in [2.75, 3.05) is 6.67 Å². The Morgan fingerprint density at radius 3 is 1.44 bits per heavy atom. The maximum absolute atomic E-state index is 12.1. The molecule has 0 saturated heterocycles. The minimum atomic E-state index is -3.44. The second kappa shape index (κ2) is 3.09. The van der Waals surface area contributed by atoms with Crippen LogP contribution in [0.4, 0.5) is 13.2 Å². The number of halogens is 6. The Labute approximate surface area is 75.6 Å². The van der Waals surface area contributed by atoms with Gasteiger partial charge in [-0.15, -0.1) is 0 Å². The third kappa shape index (κ3) is 2.76. The van der Waals surface area contributed by atoms with E-state index in [0.717, 1.165) is 0 Å². The number of alkyl halides is 6. The lowest BCUT2D eigenvalue weighted by molar-refractivity contribution is -0.00841. The molecule has 0 nitrogen and oxygen atoms in total. The average molecular weight is 335 g/mol. The summed E-state index contributed by atoms with van der Waals surface area (Å²) in [5.74, 6) is -3.44. The van der Waals surface area contributed by atoms with Crippen molar-refractivity contribution in [3.05, 3.63) is 0 Å².